The van der Waals surface area contributed by atoms with Crippen molar-refractivity contribution in [1.29, 1.82) is 10.5 Å². The van der Waals surface area contributed by atoms with E-state index in [0.717, 1.165) is 66.5 Å². The first-order valence-corrected chi connectivity index (χ1v) is 15.9. The molecule has 0 saturated heterocycles. The second kappa shape index (κ2) is 13.1. The Bertz CT molecular complexity index is 2780. The first-order chi connectivity index (χ1) is 23.7. The topological polar surface area (TPSA) is 57.4 Å². The number of halogens is 1. The summed E-state index contributed by atoms with van der Waals surface area (Å²) in [5, 5.41) is 23.9. The van der Waals surface area contributed by atoms with Crippen LogP contribution in [0.4, 0.5) is 0 Å². The lowest BCUT2D eigenvalue weighted by Crippen LogP contribution is -1.97. The van der Waals surface area contributed by atoms with Crippen LogP contribution in [0.15, 0.2) is 158 Å². The highest BCUT2D eigenvalue weighted by Gasteiger charge is 2.16. The molecule has 0 aliphatic carbocycles. The lowest BCUT2D eigenvalue weighted by Gasteiger charge is -2.15. The van der Waals surface area contributed by atoms with Gasteiger partial charge in [0, 0.05) is 41.3 Å². The molecule has 0 amide bonds. The van der Waals surface area contributed by atoms with E-state index in [1.807, 2.05) is 42.5 Å². The maximum Gasteiger partial charge on any atom is 0.0991 e. The molecular weight excluding hydrogens is 722 g/mol. The van der Waals surface area contributed by atoms with Gasteiger partial charge in [0.1, 0.15) is 0 Å². The quantitative estimate of drug-likeness (QED) is 0.133. The highest BCUT2D eigenvalue weighted by Crippen LogP contribution is 2.38. The van der Waals surface area contributed by atoms with E-state index in [1.54, 1.807) is 0 Å². The standard InChI is InChI=1S/C44H26N4.B.HI/c45-27-29-9-7-10-31(21-29)33-23-34(26-36(25-33)48-41-16-4-1-13-37(41)38-14-2-5-17-42(38)48)32-11-8-12-35(24-32)47-43-18-6-3-15-39(43)40-22-30(28-46)19-20-44(40)47;;/h1-26H;;1H. The number of benzene rings is 7. The number of aromatic nitrogens is 2. The fraction of sp³-hybridized carbons (Fsp3) is 0. The van der Waals surface area contributed by atoms with Gasteiger partial charge in [0.05, 0.1) is 45.3 Å². The molecule has 0 fully saturated rings. The van der Waals surface area contributed by atoms with E-state index in [2.05, 4.69) is 137 Å². The van der Waals surface area contributed by atoms with Gasteiger partial charge in [0.25, 0.3) is 0 Å². The lowest BCUT2D eigenvalue weighted by atomic mass is 9.96. The molecule has 6 heteroatoms. The molecule has 0 aliphatic rings. The van der Waals surface area contributed by atoms with Gasteiger partial charge in [-0.25, -0.2) is 0 Å². The van der Waals surface area contributed by atoms with Crippen molar-refractivity contribution < 1.29 is 0 Å². The van der Waals surface area contributed by atoms with E-state index in [9.17, 15) is 10.5 Å². The maximum atomic E-state index is 9.71. The molecule has 0 atom stereocenters. The zero-order valence-corrected chi connectivity index (χ0v) is 29.1. The summed E-state index contributed by atoms with van der Waals surface area (Å²) in [7, 11) is 0. The predicted molar refractivity (Wildman–Crippen MR) is 217 cm³/mol. The molecule has 4 nitrogen and oxygen atoms in total. The third kappa shape index (κ3) is 5.22. The molecule has 0 aliphatic heterocycles. The Morgan fingerprint density at radius 3 is 1.42 bits per heavy atom. The van der Waals surface area contributed by atoms with Crippen LogP contribution in [0.3, 0.4) is 0 Å². The molecule has 2 heterocycles. The van der Waals surface area contributed by atoms with E-state index < -0.39 is 0 Å². The summed E-state index contributed by atoms with van der Waals surface area (Å²) in [5.74, 6) is 0. The van der Waals surface area contributed by atoms with Gasteiger partial charge in [-0.3, -0.25) is 0 Å². The fourth-order valence-electron chi connectivity index (χ4n) is 7.19. The Morgan fingerprint density at radius 1 is 0.360 bits per heavy atom. The van der Waals surface area contributed by atoms with Gasteiger partial charge in [-0.15, -0.1) is 24.0 Å². The van der Waals surface area contributed by atoms with Gasteiger partial charge in [0.15, 0.2) is 0 Å². The van der Waals surface area contributed by atoms with Crippen molar-refractivity contribution in [3.8, 4) is 45.8 Å². The molecule has 7 aromatic carbocycles. The van der Waals surface area contributed by atoms with Gasteiger partial charge in [0.2, 0.25) is 0 Å². The van der Waals surface area contributed by atoms with E-state index in [1.165, 1.54) is 10.8 Å². The molecule has 3 radical (unpaired) electrons. The summed E-state index contributed by atoms with van der Waals surface area (Å²) in [6.45, 7) is 0. The van der Waals surface area contributed by atoms with Crippen molar-refractivity contribution in [2.24, 2.45) is 0 Å². The Balaban J connectivity index is 0.00000196. The molecule has 233 valence electrons. The average molecular weight is 749 g/mol. The highest BCUT2D eigenvalue weighted by molar-refractivity contribution is 14.0. The van der Waals surface area contributed by atoms with E-state index in [4.69, 9.17) is 0 Å². The smallest absolute Gasteiger partial charge is 0.0991 e. The number of para-hydroxylation sites is 3. The third-order valence-corrected chi connectivity index (χ3v) is 9.32. The minimum absolute atomic E-state index is 0. The van der Waals surface area contributed by atoms with Crippen LogP contribution in [-0.2, 0) is 0 Å². The molecule has 0 bridgehead atoms. The summed E-state index contributed by atoms with van der Waals surface area (Å²) in [4.78, 5) is 0. The summed E-state index contributed by atoms with van der Waals surface area (Å²) in [5.41, 5.74) is 12.0. The van der Waals surface area contributed by atoms with Gasteiger partial charge >= 0.3 is 0 Å². The van der Waals surface area contributed by atoms with E-state index in [0.29, 0.717) is 11.1 Å². The summed E-state index contributed by atoms with van der Waals surface area (Å²) in [6, 6.07) is 59.2. The summed E-state index contributed by atoms with van der Waals surface area (Å²) < 4.78 is 4.62. The Labute approximate surface area is 308 Å². The summed E-state index contributed by atoms with van der Waals surface area (Å²) in [6.07, 6.45) is 0. The Morgan fingerprint density at radius 2 is 0.820 bits per heavy atom. The van der Waals surface area contributed by atoms with Gasteiger partial charge in [-0.1, -0.05) is 78.9 Å². The third-order valence-electron chi connectivity index (χ3n) is 9.32. The van der Waals surface area contributed by atoms with Crippen molar-refractivity contribution in [1.82, 2.24) is 9.13 Å². The molecule has 2 aromatic heterocycles. The number of nitrogens with zero attached hydrogens (tertiary/aromatic N) is 4. The molecular formula is C44H27BIN4. The van der Waals surface area contributed by atoms with E-state index >= 15 is 0 Å². The highest BCUT2D eigenvalue weighted by atomic mass is 127. The van der Waals surface area contributed by atoms with Crippen LogP contribution in [0.2, 0.25) is 0 Å². The molecule has 9 rings (SSSR count). The Kier molecular flexibility index (Phi) is 8.49. The van der Waals surface area contributed by atoms with Gasteiger partial charge in [-0.05, 0) is 101 Å². The van der Waals surface area contributed by atoms with Crippen molar-refractivity contribution in [3.63, 3.8) is 0 Å². The molecule has 0 spiro atoms. The second-order valence-corrected chi connectivity index (χ2v) is 12.1. The van der Waals surface area contributed by atoms with Crippen LogP contribution in [-0.4, -0.2) is 17.5 Å². The minimum atomic E-state index is 0. The van der Waals surface area contributed by atoms with Crippen LogP contribution in [0.25, 0.3) is 77.2 Å². The first kappa shape index (κ1) is 32.5. The van der Waals surface area contributed by atoms with Crippen molar-refractivity contribution in [2.75, 3.05) is 0 Å². The van der Waals surface area contributed by atoms with Crippen molar-refractivity contribution in [2.45, 2.75) is 0 Å². The van der Waals surface area contributed by atoms with Gasteiger partial charge in [-0.2, -0.15) is 10.5 Å². The number of hydrogen-bond acceptors (Lipinski definition) is 2. The lowest BCUT2D eigenvalue weighted by molar-refractivity contribution is 1.17. The van der Waals surface area contributed by atoms with Crippen molar-refractivity contribution >= 4 is 76.0 Å². The molecule has 9 aromatic rings. The fourth-order valence-corrected chi connectivity index (χ4v) is 7.19. The summed E-state index contributed by atoms with van der Waals surface area (Å²) >= 11 is 0. The SMILES string of the molecule is I.N#Cc1cccc(-c2cc(-c3cccc(-n4c5ccccc5c5cc(C#N)ccc54)c3)cc(-n3c4ccccc4c4ccccc43)c2)c1.[B]. The monoisotopic (exact) mass is 749 g/mol. The van der Waals surface area contributed by atoms with Crippen LogP contribution in [0, 0.1) is 22.7 Å². The minimum Gasteiger partial charge on any atom is -0.309 e. The maximum absolute atomic E-state index is 9.71. The van der Waals surface area contributed by atoms with Crippen molar-refractivity contribution in [3.05, 3.63) is 169 Å². The zero-order valence-electron chi connectivity index (χ0n) is 26.8. The number of hydrogen-bond donors (Lipinski definition) is 0. The number of fused-ring (bicyclic) bond motifs is 6. The van der Waals surface area contributed by atoms with Crippen LogP contribution in [0.5, 0.6) is 0 Å². The molecule has 0 unspecified atom stereocenters. The van der Waals surface area contributed by atoms with E-state index in [-0.39, 0.29) is 32.4 Å². The van der Waals surface area contributed by atoms with Crippen LogP contribution < -0.4 is 0 Å². The molecule has 0 N–H and O–H groups in total. The normalized spacial score (nSPS) is 10.8. The van der Waals surface area contributed by atoms with Crippen LogP contribution >= 0.6 is 24.0 Å². The predicted octanol–water partition coefficient (Wildman–Crippen LogP) is 11.2. The number of nitriles is 2. The molecule has 50 heavy (non-hydrogen) atoms. The second-order valence-electron chi connectivity index (χ2n) is 12.1. The number of rotatable bonds is 4. The zero-order chi connectivity index (χ0) is 32.2. The average Bonchev–Trinajstić information content (AvgIpc) is 3.67. The van der Waals surface area contributed by atoms with Gasteiger partial charge < -0.3 is 9.13 Å². The first-order valence-electron chi connectivity index (χ1n) is 15.9. The molecule has 0 saturated carbocycles. The Hall–Kier alpha value is -6.09. The van der Waals surface area contributed by atoms with Crippen LogP contribution in [0.1, 0.15) is 11.1 Å². The largest absolute Gasteiger partial charge is 0.309 e.